The van der Waals surface area contributed by atoms with Gasteiger partial charge in [-0.15, -0.1) is 0 Å². The number of methoxy groups -OCH3 is 2. The molecule has 2 N–H and O–H groups in total. The normalized spacial score (nSPS) is 21.5. The Balaban J connectivity index is 1.34. The highest BCUT2D eigenvalue weighted by molar-refractivity contribution is 5.77. The molecule has 7 rings (SSSR count). The number of rotatable bonds is 12. The third-order valence-corrected chi connectivity index (χ3v) is 9.24. The summed E-state index contributed by atoms with van der Waals surface area (Å²) in [6.45, 7) is -0.697. The highest BCUT2D eigenvalue weighted by Crippen LogP contribution is 2.52. The molecule has 2 aliphatic rings. The number of benzene rings is 4. The number of hydroxylamine groups is 2. The molecule has 0 spiro atoms. The van der Waals surface area contributed by atoms with Crippen molar-refractivity contribution in [1.29, 1.82) is 0 Å². The van der Waals surface area contributed by atoms with Crippen LogP contribution in [0.5, 0.6) is 17.2 Å². The molecular formula is C39H37N3O10. The minimum absolute atomic E-state index is 0.312. The first-order chi connectivity index (χ1) is 25.3. The molecule has 1 amide bonds. The number of carbonyl (C=O) groups is 1. The first kappa shape index (κ1) is 34.7. The van der Waals surface area contributed by atoms with E-state index in [0.717, 1.165) is 26.8 Å². The number of amides is 1. The van der Waals surface area contributed by atoms with Gasteiger partial charge >= 0.3 is 5.69 Å². The van der Waals surface area contributed by atoms with Gasteiger partial charge < -0.3 is 28.8 Å². The van der Waals surface area contributed by atoms with Crippen LogP contribution in [-0.2, 0) is 19.1 Å². The molecule has 2 fully saturated rings. The number of carbonyl (C=O) groups excluding carboxylic acids is 1. The molecule has 2 aliphatic heterocycles. The van der Waals surface area contributed by atoms with Crippen molar-refractivity contribution in [2.45, 2.75) is 36.2 Å². The summed E-state index contributed by atoms with van der Waals surface area (Å²) >= 11 is 0. The third-order valence-electron chi connectivity index (χ3n) is 9.24. The fourth-order valence-electron chi connectivity index (χ4n) is 6.61. The monoisotopic (exact) mass is 707 g/mol. The summed E-state index contributed by atoms with van der Waals surface area (Å²) in [4.78, 5) is 47.3. The lowest BCUT2D eigenvalue weighted by Crippen LogP contribution is -2.62. The van der Waals surface area contributed by atoms with E-state index in [0.29, 0.717) is 22.8 Å². The zero-order valence-electron chi connectivity index (χ0n) is 28.4. The number of hydrogen-bond donors (Lipinski definition) is 2. The van der Waals surface area contributed by atoms with Gasteiger partial charge in [-0.3, -0.25) is 24.0 Å². The van der Waals surface area contributed by atoms with Gasteiger partial charge in [0.15, 0.2) is 18.9 Å². The minimum atomic E-state index is -1.72. The van der Waals surface area contributed by atoms with E-state index in [-0.39, 0.29) is 13.2 Å². The number of H-pyrrole nitrogens is 1. The highest BCUT2D eigenvalue weighted by Gasteiger charge is 2.66. The highest BCUT2D eigenvalue weighted by atomic mass is 16.7. The molecular weight excluding hydrogens is 670 g/mol. The van der Waals surface area contributed by atoms with Gasteiger partial charge in [-0.1, -0.05) is 72.8 Å². The van der Waals surface area contributed by atoms with Gasteiger partial charge in [-0.25, -0.2) is 9.86 Å². The van der Waals surface area contributed by atoms with Gasteiger partial charge in [-0.05, 0) is 53.1 Å². The van der Waals surface area contributed by atoms with E-state index < -0.39 is 53.4 Å². The zero-order chi connectivity index (χ0) is 36.2. The fourth-order valence-corrected chi connectivity index (χ4v) is 6.61. The summed E-state index contributed by atoms with van der Waals surface area (Å²) in [6.07, 6.45) is -4.55. The van der Waals surface area contributed by atoms with E-state index in [9.17, 15) is 19.5 Å². The van der Waals surface area contributed by atoms with Gasteiger partial charge in [0, 0.05) is 12.3 Å². The van der Waals surface area contributed by atoms with Crippen LogP contribution in [0.4, 0.5) is 0 Å². The van der Waals surface area contributed by atoms with Crippen molar-refractivity contribution in [2.75, 3.05) is 27.4 Å². The summed E-state index contributed by atoms with van der Waals surface area (Å²) in [6, 6.07) is 34.0. The van der Waals surface area contributed by atoms with Crippen LogP contribution in [0.25, 0.3) is 0 Å². The molecule has 5 aromatic rings. The lowest BCUT2D eigenvalue weighted by molar-refractivity contribution is -0.275. The zero-order valence-corrected chi connectivity index (χ0v) is 28.4. The van der Waals surface area contributed by atoms with Gasteiger partial charge in [0.05, 0.1) is 20.8 Å². The van der Waals surface area contributed by atoms with Crippen LogP contribution in [0, 0.1) is 0 Å². The standard InChI is InChI=1S/C39H37N3O10/c1-47-28-17-13-25(14-18-28)33(26-15-19-29(48-2)20-16-26)50-36(27-9-5-3-6-10-27)39-24-42(32(44)23-49-30-11-7-4-8-12-30)52-34(35(39)45)37(51-39)41-22-21-31(43)40-38(41)46/h3-22,33-37,45H,23-24H2,1-2H3,(H,40,43,46). The lowest BCUT2D eigenvalue weighted by Gasteiger charge is -2.45. The molecule has 2 saturated heterocycles. The maximum absolute atomic E-state index is 13.8. The van der Waals surface area contributed by atoms with Crippen LogP contribution in [0.1, 0.15) is 35.1 Å². The Kier molecular flexibility index (Phi) is 9.92. The van der Waals surface area contributed by atoms with E-state index in [1.165, 1.54) is 6.20 Å². The molecule has 52 heavy (non-hydrogen) atoms. The van der Waals surface area contributed by atoms with Gasteiger partial charge in [-0.2, -0.15) is 0 Å². The van der Waals surface area contributed by atoms with E-state index in [1.54, 1.807) is 38.5 Å². The molecule has 268 valence electrons. The summed E-state index contributed by atoms with van der Waals surface area (Å²) < 4.78 is 31.6. The Bertz CT molecular complexity index is 2040. The number of ether oxygens (including phenoxy) is 5. The maximum atomic E-state index is 13.8. The average Bonchev–Trinajstić information content (AvgIpc) is 3.32. The van der Waals surface area contributed by atoms with Gasteiger partial charge in [0.25, 0.3) is 11.5 Å². The van der Waals surface area contributed by atoms with Crippen LogP contribution < -0.4 is 25.5 Å². The van der Waals surface area contributed by atoms with Crippen LogP contribution >= 0.6 is 0 Å². The van der Waals surface area contributed by atoms with E-state index in [2.05, 4.69) is 4.98 Å². The quantitative estimate of drug-likeness (QED) is 0.195. The summed E-state index contributed by atoms with van der Waals surface area (Å²) in [5.74, 6) is 1.22. The largest absolute Gasteiger partial charge is 0.497 e. The Morgan fingerprint density at radius 3 is 2.00 bits per heavy atom. The van der Waals surface area contributed by atoms with Crippen LogP contribution in [-0.4, -0.2) is 70.8 Å². The van der Waals surface area contributed by atoms with Crippen molar-refractivity contribution < 1.29 is 38.4 Å². The number of aliphatic hydroxyl groups is 1. The number of aromatic nitrogens is 2. The second kappa shape index (κ2) is 14.9. The van der Waals surface area contributed by atoms with Crippen LogP contribution in [0.15, 0.2) is 131 Å². The first-order valence-corrected chi connectivity index (χ1v) is 16.6. The number of nitrogens with one attached hydrogen (secondary N) is 1. The van der Waals surface area contributed by atoms with Crippen molar-refractivity contribution >= 4 is 5.91 Å². The smallest absolute Gasteiger partial charge is 0.330 e. The fraction of sp³-hybridized carbons (Fsp3) is 0.256. The summed E-state index contributed by atoms with van der Waals surface area (Å²) in [7, 11) is 3.17. The number of aromatic amines is 1. The Morgan fingerprint density at radius 2 is 1.42 bits per heavy atom. The van der Waals surface area contributed by atoms with E-state index in [1.807, 2.05) is 84.9 Å². The van der Waals surface area contributed by atoms with Crippen LogP contribution in [0.2, 0.25) is 0 Å². The molecule has 0 aliphatic carbocycles. The first-order valence-electron chi connectivity index (χ1n) is 16.6. The molecule has 13 heteroatoms. The number of para-hydroxylation sites is 1. The van der Waals surface area contributed by atoms with Gasteiger partial charge in [0.2, 0.25) is 0 Å². The molecule has 5 atom stereocenters. The van der Waals surface area contributed by atoms with Crippen molar-refractivity contribution in [3.05, 3.63) is 159 Å². The average molecular weight is 708 g/mol. The molecule has 13 nitrogen and oxygen atoms in total. The topological polar surface area (TPSA) is 151 Å². The number of fused-ring (bicyclic) bond motifs is 2. The molecule has 1 aromatic heterocycles. The molecule has 0 saturated carbocycles. The number of aliphatic hydroxyl groups excluding tert-OH is 1. The summed E-state index contributed by atoms with van der Waals surface area (Å²) in [5.41, 5.74) is -0.969. The van der Waals surface area contributed by atoms with Crippen LogP contribution in [0.3, 0.4) is 0 Å². The lowest BCUT2D eigenvalue weighted by atomic mass is 9.83. The Labute approximate surface area is 298 Å². The number of hydrogen-bond acceptors (Lipinski definition) is 10. The van der Waals surface area contributed by atoms with Crippen molar-refractivity contribution in [1.82, 2.24) is 14.6 Å². The third kappa shape index (κ3) is 6.82. The maximum Gasteiger partial charge on any atom is 0.330 e. The molecule has 0 radical (unpaired) electrons. The molecule has 4 aromatic carbocycles. The second-order valence-corrected chi connectivity index (χ2v) is 12.4. The van der Waals surface area contributed by atoms with E-state index >= 15 is 0 Å². The molecule has 2 bridgehead atoms. The molecule has 5 unspecified atom stereocenters. The van der Waals surface area contributed by atoms with Crippen molar-refractivity contribution in [3.63, 3.8) is 0 Å². The second-order valence-electron chi connectivity index (χ2n) is 12.4. The summed E-state index contributed by atoms with van der Waals surface area (Å²) in [5, 5.41) is 13.3. The molecule has 3 heterocycles. The predicted molar refractivity (Wildman–Crippen MR) is 187 cm³/mol. The Hall–Kier alpha value is -5.73. The van der Waals surface area contributed by atoms with Crippen molar-refractivity contribution in [2.24, 2.45) is 0 Å². The minimum Gasteiger partial charge on any atom is -0.497 e. The van der Waals surface area contributed by atoms with E-state index in [4.69, 9.17) is 28.5 Å². The Morgan fingerprint density at radius 1 is 0.827 bits per heavy atom. The SMILES string of the molecule is COc1ccc(C(OC(c2ccccc2)C23CN(C(=O)COc4ccccc4)OC(C(n4ccc(=O)[nH]c4=O)O2)C3O)c2ccc(OC)cc2)cc1. The van der Waals surface area contributed by atoms with Crippen molar-refractivity contribution in [3.8, 4) is 17.2 Å². The van der Waals surface area contributed by atoms with Gasteiger partial charge in [0.1, 0.15) is 41.2 Å². The number of nitrogens with zero attached hydrogens (tertiary/aromatic N) is 2. The predicted octanol–water partition coefficient (Wildman–Crippen LogP) is 3.95.